The third-order valence-corrected chi connectivity index (χ3v) is 4.96. The molecule has 1 N–H and O–H groups in total. The molecule has 2 rings (SSSR count). The van der Waals surface area contributed by atoms with Crippen LogP contribution in [-0.4, -0.2) is 13.1 Å². The van der Waals surface area contributed by atoms with Crippen molar-refractivity contribution in [2.75, 3.05) is 7.05 Å². The van der Waals surface area contributed by atoms with E-state index in [1.165, 1.54) is 24.1 Å². The number of hydrogen-bond acceptors (Lipinski definition) is 2. The molecule has 3 heteroatoms. The molecular formula is C11H16ClNS. The van der Waals surface area contributed by atoms with Gasteiger partial charge in [0.2, 0.25) is 0 Å². The highest BCUT2D eigenvalue weighted by Gasteiger charge is 2.37. The topological polar surface area (TPSA) is 12.0 Å². The number of hydrogen-bond donors (Lipinski definition) is 1. The molecule has 1 aliphatic carbocycles. The van der Waals surface area contributed by atoms with E-state index in [0.29, 0.717) is 11.5 Å². The summed E-state index contributed by atoms with van der Waals surface area (Å²) in [5.74, 6) is 0. The summed E-state index contributed by atoms with van der Waals surface area (Å²) in [7, 11) is 2.05. The van der Waals surface area contributed by atoms with Crippen LogP contribution in [0.3, 0.4) is 0 Å². The smallest absolute Gasteiger partial charge is 0.0550 e. The zero-order valence-electron chi connectivity index (χ0n) is 8.64. The van der Waals surface area contributed by atoms with Gasteiger partial charge in [0.1, 0.15) is 0 Å². The minimum atomic E-state index is 0.304. The minimum absolute atomic E-state index is 0.304. The largest absolute Gasteiger partial charge is 0.317 e. The van der Waals surface area contributed by atoms with Crippen molar-refractivity contribution in [3.63, 3.8) is 0 Å². The first-order chi connectivity index (χ1) is 6.65. The fourth-order valence-electron chi connectivity index (χ4n) is 2.42. The molecule has 0 aliphatic heterocycles. The predicted octanol–water partition coefficient (Wildman–Crippen LogP) is 3.43. The Morgan fingerprint density at radius 2 is 2.43 bits per heavy atom. The molecule has 1 nitrogen and oxygen atoms in total. The van der Waals surface area contributed by atoms with Crippen molar-refractivity contribution in [3.05, 3.63) is 21.3 Å². The minimum Gasteiger partial charge on any atom is -0.317 e. The second-order valence-electron chi connectivity index (χ2n) is 4.39. The molecule has 0 bridgehead atoms. The van der Waals surface area contributed by atoms with Crippen molar-refractivity contribution >= 4 is 22.9 Å². The molecule has 1 fully saturated rings. The van der Waals surface area contributed by atoms with E-state index < -0.39 is 0 Å². The average molecular weight is 230 g/mol. The summed E-state index contributed by atoms with van der Waals surface area (Å²) in [5, 5.41) is 6.41. The highest BCUT2D eigenvalue weighted by atomic mass is 35.5. The first-order valence-electron chi connectivity index (χ1n) is 5.06. The molecule has 2 atom stereocenters. The van der Waals surface area contributed by atoms with Crippen LogP contribution in [0.25, 0.3) is 0 Å². The van der Waals surface area contributed by atoms with Gasteiger partial charge in [-0.25, -0.2) is 0 Å². The molecule has 14 heavy (non-hydrogen) atoms. The van der Waals surface area contributed by atoms with Gasteiger partial charge in [-0.05, 0) is 37.8 Å². The van der Waals surface area contributed by atoms with Gasteiger partial charge in [-0.3, -0.25) is 0 Å². The van der Waals surface area contributed by atoms with Crippen molar-refractivity contribution in [2.45, 2.75) is 37.6 Å². The van der Waals surface area contributed by atoms with Crippen molar-refractivity contribution < 1.29 is 0 Å². The van der Waals surface area contributed by atoms with E-state index in [2.05, 4.69) is 17.6 Å². The molecule has 1 aromatic heterocycles. The maximum absolute atomic E-state index is 6.19. The third kappa shape index (κ3) is 1.71. The molecule has 0 radical (unpaired) electrons. The Morgan fingerprint density at radius 3 is 2.93 bits per heavy atom. The fourth-order valence-corrected chi connectivity index (χ4v) is 3.91. The van der Waals surface area contributed by atoms with Crippen LogP contribution < -0.4 is 5.32 Å². The van der Waals surface area contributed by atoms with Gasteiger partial charge in [-0.2, -0.15) is 0 Å². The van der Waals surface area contributed by atoms with Crippen LogP contribution in [-0.2, 0) is 5.41 Å². The Balaban J connectivity index is 2.22. The highest BCUT2D eigenvalue weighted by Crippen LogP contribution is 2.45. The van der Waals surface area contributed by atoms with Crippen LogP contribution in [0.1, 0.15) is 31.1 Å². The molecule has 0 amide bonds. The van der Waals surface area contributed by atoms with Crippen LogP contribution in [0.5, 0.6) is 0 Å². The summed E-state index contributed by atoms with van der Waals surface area (Å²) in [4.78, 5) is 1.37. The zero-order valence-corrected chi connectivity index (χ0v) is 10.2. The number of halogens is 1. The van der Waals surface area contributed by atoms with Crippen LogP contribution >= 0.6 is 22.9 Å². The quantitative estimate of drug-likeness (QED) is 0.820. The first-order valence-corrected chi connectivity index (χ1v) is 6.32. The molecule has 2 unspecified atom stereocenters. The van der Waals surface area contributed by atoms with E-state index in [1.54, 1.807) is 11.3 Å². The van der Waals surface area contributed by atoms with Gasteiger partial charge < -0.3 is 5.32 Å². The van der Waals surface area contributed by atoms with Crippen LogP contribution in [0.4, 0.5) is 0 Å². The number of thiophene rings is 1. The van der Waals surface area contributed by atoms with Crippen LogP contribution in [0.2, 0.25) is 5.02 Å². The summed E-state index contributed by atoms with van der Waals surface area (Å²) < 4.78 is 0. The second kappa shape index (κ2) is 3.84. The molecule has 0 aromatic carbocycles. The van der Waals surface area contributed by atoms with Gasteiger partial charge in [0.05, 0.1) is 5.02 Å². The first kappa shape index (κ1) is 10.5. The normalized spacial score (nSPS) is 32.4. The van der Waals surface area contributed by atoms with Crippen molar-refractivity contribution in [1.29, 1.82) is 0 Å². The Labute approximate surface area is 94.5 Å². The maximum Gasteiger partial charge on any atom is 0.0550 e. The fraction of sp³-hybridized carbons (Fsp3) is 0.636. The van der Waals surface area contributed by atoms with Gasteiger partial charge in [0.25, 0.3) is 0 Å². The lowest BCUT2D eigenvalue weighted by molar-refractivity contribution is 0.475. The summed E-state index contributed by atoms with van der Waals surface area (Å²) in [5.41, 5.74) is 0.304. The molecule has 1 heterocycles. The van der Waals surface area contributed by atoms with E-state index in [-0.39, 0.29) is 0 Å². The molecule has 0 spiro atoms. The Kier molecular flexibility index (Phi) is 2.87. The summed E-state index contributed by atoms with van der Waals surface area (Å²) in [6, 6.07) is 2.68. The van der Waals surface area contributed by atoms with Crippen molar-refractivity contribution in [1.82, 2.24) is 5.32 Å². The second-order valence-corrected chi connectivity index (χ2v) is 5.71. The van der Waals surface area contributed by atoms with Crippen LogP contribution in [0, 0.1) is 0 Å². The third-order valence-electron chi connectivity index (χ3n) is 3.32. The molecule has 0 saturated heterocycles. The van der Waals surface area contributed by atoms with Crippen molar-refractivity contribution in [2.24, 2.45) is 0 Å². The van der Waals surface area contributed by atoms with Gasteiger partial charge in [0.15, 0.2) is 0 Å². The number of rotatable bonds is 2. The Morgan fingerprint density at radius 1 is 1.64 bits per heavy atom. The summed E-state index contributed by atoms with van der Waals surface area (Å²) >= 11 is 7.99. The van der Waals surface area contributed by atoms with Gasteiger partial charge in [-0.15, -0.1) is 11.3 Å². The molecule has 1 saturated carbocycles. The Bertz CT molecular complexity index is 323. The molecule has 1 aliphatic rings. The van der Waals surface area contributed by atoms with Gasteiger partial charge in [-0.1, -0.05) is 18.5 Å². The van der Waals surface area contributed by atoms with Crippen molar-refractivity contribution in [3.8, 4) is 0 Å². The maximum atomic E-state index is 6.19. The molecule has 78 valence electrons. The summed E-state index contributed by atoms with van der Waals surface area (Å²) in [6.07, 6.45) is 3.73. The monoisotopic (exact) mass is 229 g/mol. The zero-order chi connectivity index (χ0) is 10.2. The van der Waals surface area contributed by atoms with Gasteiger partial charge in [0, 0.05) is 16.3 Å². The highest BCUT2D eigenvalue weighted by molar-refractivity contribution is 7.10. The Hall–Kier alpha value is -0.0500. The van der Waals surface area contributed by atoms with Gasteiger partial charge >= 0.3 is 0 Å². The molecular weight excluding hydrogens is 214 g/mol. The van der Waals surface area contributed by atoms with E-state index in [4.69, 9.17) is 11.6 Å². The lowest BCUT2D eigenvalue weighted by Gasteiger charge is -2.23. The van der Waals surface area contributed by atoms with E-state index >= 15 is 0 Å². The lowest BCUT2D eigenvalue weighted by atomic mass is 9.87. The SMILES string of the molecule is CNC1CCC(C)(c2sccc2Cl)C1. The average Bonchev–Trinajstić information content (AvgIpc) is 2.73. The number of nitrogens with one attached hydrogen (secondary N) is 1. The van der Waals surface area contributed by atoms with Crippen LogP contribution in [0.15, 0.2) is 11.4 Å². The predicted molar refractivity (Wildman–Crippen MR) is 63.4 cm³/mol. The van der Waals surface area contributed by atoms with E-state index in [0.717, 1.165) is 5.02 Å². The summed E-state index contributed by atoms with van der Waals surface area (Å²) in [6.45, 7) is 2.34. The van der Waals surface area contributed by atoms with E-state index in [1.807, 2.05) is 13.1 Å². The standard InChI is InChI=1S/C11H16ClNS/c1-11(5-3-8(7-11)13-2)10-9(12)4-6-14-10/h4,6,8,13H,3,5,7H2,1-2H3. The van der Waals surface area contributed by atoms with E-state index in [9.17, 15) is 0 Å². The molecule has 1 aromatic rings. The lowest BCUT2D eigenvalue weighted by Crippen LogP contribution is -2.25.